The molecule has 1 aliphatic heterocycles. The van der Waals surface area contributed by atoms with Gasteiger partial charge in [0.25, 0.3) is 17.4 Å². The molecule has 0 spiro atoms. The molecule has 0 aromatic carbocycles. The molecule has 0 atom stereocenters. The van der Waals surface area contributed by atoms with Gasteiger partial charge in [-0.2, -0.15) is 5.26 Å². The lowest BCUT2D eigenvalue weighted by Crippen LogP contribution is -2.42. The number of nitriles is 1. The van der Waals surface area contributed by atoms with Gasteiger partial charge in [0.1, 0.15) is 11.6 Å². The second-order valence-electron chi connectivity index (χ2n) is 6.28. The summed E-state index contributed by atoms with van der Waals surface area (Å²) in [5.74, 6) is -1.52. The smallest absolute Gasteiger partial charge is 0.271 e. The van der Waals surface area contributed by atoms with E-state index in [4.69, 9.17) is 6.57 Å². The van der Waals surface area contributed by atoms with Crippen LogP contribution in [0.1, 0.15) is 31.9 Å². The van der Waals surface area contributed by atoms with Gasteiger partial charge < -0.3 is 5.11 Å². The van der Waals surface area contributed by atoms with Crippen molar-refractivity contribution in [3.63, 3.8) is 0 Å². The molecule has 1 aromatic heterocycles. The van der Waals surface area contributed by atoms with Gasteiger partial charge in [-0.3, -0.25) is 23.9 Å². The SMILES string of the molecule is [C-]#[N+]c1c(C)c(C=C/C=C2\C(=O)N(CC)C(=O)C(C#N)=C2C)c(=O)n(CC)c1O. The van der Waals surface area contributed by atoms with Gasteiger partial charge >= 0.3 is 0 Å². The summed E-state index contributed by atoms with van der Waals surface area (Å²) in [7, 11) is 0. The molecule has 0 radical (unpaired) electrons. The van der Waals surface area contributed by atoms with Crippen LogP contribution in [0.2, 0.25) is 0 Å². The monoisotopic (exact) mass is 392 g/mol. The minimum atomic E-state index is -0.625. The molecular weight excluding hydrogens is 372 g/mol. The van der Waals surface area contributed by atoms with E-state index >= 15 is 0 Å². The van der Waals surface area contributed by atoms with E-state index in [0.29, 0.717) is 5.56 Å². The van der Waals surface area contributed by atoms with E-state index in [-0.39, 0.29) is 46.9 Å². The van der Waals surface area contributed by atoms with Crippen LogP contribution >= 0.6 is 0 Å². The zero-order valence-electron chi connectivity index (χ0n) is 16.6. The zero-order chi connectivity index (χ0) is 21.9. The van der Waals surface area contributed by atoms with Crippen LogP contribution in [0, 0.1) is 24.8 Å². The summed E-state index contributed by atoms with van der Waals surface area (Å²) in [4.78, 5) is 41.7. The van der Waals surface area contributed by atoms with Crippen molar-refractivity contribution in [1.82, 2.24) is 9.47 Å². The third-order valence-electron chi connectivity index (χ3n) is 4.80. The van der Waals surface area contributed by atoms with Gasteiger partial charge in [0.05, 0.1) is 6.57 Å². The lowest BCUT2D eigenvalue weighted by Gasteiger charge is -2.25. The van der Waals surface area contributed by atoms with Gasteiger partial charge in [-0.1, -0.05) is 12.2 Å². The fourth-order valence-electron chi connectivity index (χ4n) is 3.13. The first-order valence-electron chi connectivity index (χ1n) is 8.94. The molecule has 0 bridgehead atoms. The van der Waals surface area contributed by atoms with Crippen LogP contribution in [-0.2, 0) is 16.1 Å². The van der Waals surface area contributed by atoms with E-state index in [9.17, 15) is 24.8 Å². The van der Waals surface area contributed by atoms with E-state index in [0.717, 1.165) is 9.47 Å². The molecule has 2 rings (SSSR count). The minimum Gasteiger partial charge on any atom is -0.503 e. The maximum absolute atomic E-state index is 12.6. The summed E-state index contributed by atoms with van der Waals surface area (Å²) in [5.41, 5.74) is 0.404. The van der Waals surface area contributed by atoms with Crippen molar-refractivity contribution in [3.05, 3.63) is 61.8 Å². The highest BCUT2D eigenvalue weighted by Crippen LogP contribution is 2.31. The molecular formula is C21H20N4O4. The Bertz CT molecular complexity index is 1140. The molecule has 8 heteroatoms. The average Bonchev–Trinajstić information content (AvgIpc) is 2.68. The highest BCUT2D eigenvalue weighted by atomic mass is 16.3. The molecule has 0 saturated heterocycles. The molecule has 1 N–H and O–H groups in total. The Morgan fingerprint density at radius 3 is 2.34 bits per heavy atom. The lowest BCUT2D eigenvalue weighted by atomic mass is 9.95. The van der Waals surface area contributed by atoms with E-state index in [1.165, 1.54) is 25.2 Å². The minimum absolute atomic E-state index is 0.0157. The maximum atomic E-state index is 12.6. The Morgan fingerprint density at radius 2 is 1.83 bits per heavy atom. The number of aromatic nitrogens is 1. The lowest BCUT2D eigenvalue weighted by molar-refractivity contribution is -0.140. The van der Waals surface area contributed by atoms with Crippen LogP contribution in [0.3, 0.4) is 0 Å². The topological polar surface area (TPSA) is 108 Å². The van der Waals surface area contributed by atoms with Crippen LogP contribution in [0.25, 0.3) is 10.9 Å². The van der Waals surface area contributed by atoms with Crippen LogP contribution < -0.4 is 5.56 Å². The fourth-order valence-corrected chi connectivity index (χ4v) is 3.13. The van der Waals surface area contributed by atoms with Crippen LogP contribution in [-0.4, -0.2) is 32.9 Å². The third-order valence-corrected chi connectivity index (χ3v) is 4.80. The number of rotatable bonds is 4. The molecule has 0 unspecified atom stereocenters. The fraction of sp³-hybridized carbons (Fsp3) is 0.286. The number of carbonyl (C=O) groups excluding carboxylic acids is 2. The first-order valence-corrected chi connectivity index (χ1v) is 8.94. The number of carbonyl (C=O) groups is 2. The van der Waals surface area contributed by atoms with Crippen molar-refractivity contribution in [2.45, 2.75) is 34.2 Å². The van der Waals surface area contributed by atoms with Crippen molar-refractivity contribution in [2.24, 2.45) is 0 Å². The predicted molar refractivity (Wildman–Crippen MR) is 107 cm³/mol. The Balaban J connectivity index is 2.63. The molecule has 0 fully saturated rings. The molecule has 2 amide bonds. The van der Waals surface area contributed by atoms with E-state index < -0.39 is 17.4 Å². The van der Waals surface area contributed by atoms with Crippen molar-refractivity contribution in [3.8, 4) is 11.9 Å². The van der Waals surface area contributed by atoms with Crippen molar-refractivity contribution >= 4 is 23.6 Å². The first kappa shape index (κ1) is 21.4. The summed E-state index contributed by atoms with van der Waals surface area (Å²) in [6.45, 7) is 14.0. The number of amides is 2. The summed E-state index contributed by atoms with van der Waals surface area (Å²) < 4.78 is 1.09. The second kappa shape index (κ2) is 8.41. The largest absolute Gasteiger partial charge is 0.503 e. The highest BCUT2D eigenvalue weighted by molar-refractivity contribution is 6.18. The first-order chi connectivity index (χ1) is 13.7. The number of imide groups is 1. The van der Waals surface area contributed by atoms with E-state index in [1.807, 2.05) is 6.07 Å². The van der Waals surface area contributed by atoms with E-state index in [1.54, 1.807) is 20.8 Å². The molecule has 29 heavy (non-hydrogen) atoms. The Morgan fingerprint density at radius 1 is 1.17 bits per heavy atom. The number of aromatic hydroxyl groups is 1. The predicted octanol–water partition coefficient (Wildman–Crippen LogP) is 2.60. The quantitative estimate of drug-likeness (QED) is 0.481. The second-order valence-corrected chi connectivity index (χ2v) is 6.28. The molecule has 1 aromatic rings. The molecule has 2 heterocycles. The third kappa shape index (κ3) is 3.48. The Kier molecular flexibility index (Phi) is 6.20. The zero-order valence-corrected chi connectivity index (χ0v) is 16.6. The number of hydrogen-bond donors (Lipinski definition) is 1. The van der Waals surface area contributed by atoms with E-state index in [2.05, 4.69) is 4.85 Å². The standard InChI is InChI=1S/C21H20N4O4/c1-6-24-18(26)14(12(3)16(11-22)20(24)28)9-8-10-15-13(4)17(23-5)21(29)25(7-2)19(15)27/h8-10,29H,6-7H2,1-4H3/b10-8?,14-9-. The Hall–Kier alpha value is -3.91. The number of likely N-dealkylation sites (N-methyl/N-ethyl adjacent to an activating group) is 1. The molecule has 0 saturated carbocycles. The van der Waals surface area contributed by atoms with Gasteiger partial charge in [0, 0.05) is 24.2 Å². The molecule has 1 aliphatic rings. The van der Waals surface area contributed by atoms with Gasteiger partial charge in [-0.25, -0.2) is 4.85 Å². The highest BCUT2D eigenvalue weighted by Gasteiger charge is 2.34. The number of allylic oxidation sites excluding steroid dienone is 2. The van der Waals surface area contributed by atoms with Crippen molar-refractivity contribution in [2.75, 3.05) is 6.54 Å². The molecule has 8 nitrogen and oxygen atoms in total. The number of nitrogens with zero attached hydrogens (tertiary/aromatic N) is 4. The van der Waals surface area contributed by atoms with Crippen molar-refractivity contribution < 1.29 is 14.7 Å². The summed E-state index contributed by atoms with van der Waals surface area (Å²) >= 11 is 0. The normalized spacial score (nSPS) is 15.9. The van der Waals surface area contributed by atoms with Crippen LogP contribution in [0.15, 0.2) is 33.7 Å². The molecule has 0 aliphatic carbocycles. The summed E-state index contributed by atoms with van der Waals surface area (Å²) in [6, 6.07) is 1.84. The maximum Gasteiger partial charge on any atom is 0.271 e. The van der Waals surface area contributed by atoms with Crippen molar-refractivity contribution in [1.29, 1.82) is 5.26 Å². The number of hydrogen-bond acceptors (Lipinski definition) is 5. The Labute approximate surface area is 168 Å². The van der Waals surface area contributed by atoms with Gasteiger partial charge in [-0.15, -0.1) is 0 Å². The average molecular weight is 392 g/mol. The van der Waals surface area contributed by atoms with Gasteiger partial charge in [0.2, 0.25) is 5.69 Å². The van der Waals surface area contributed by atoms with Gasteiger partial charge in [-0.05, 0) is 44.9 Å². The summed E-state index contributed by atoms with van der Waals surface area (Å²) in [5, 5.41) is 19.4. The number of pyridine rings is 1. The van der Waals surface area contributed by atoms with Crippen LogP contribution in [0.5, 0.6) is 5.88 Å². The summed E-state index contributed by atoms with van der Waals surface area (Å²) in [6.07, 6.45) is 4.35. The van der Waals surface area contributed by atoms with Crippen LogP contribution in [0.4, 0.5) is 5.69 Å². The molecule has 148 valence electrons. The van der Waals surface area contributed by atoms with Gasteiger partial charge in [0.15, 0.2) is 5.88 Å².